The van der Waals surface area contributed by atoms with E-state index in [9.17, 15) is 4.79 Å². The van der Waals surface area contributed by atoms with Crippen molar-refractivity contribution in [3.8, 4) is 5.69 Å². The number of anilines is 1. The molecule has 1 aliphatic heterocycles. The molecule has 0 atom stereocenters. The van der Waals surface area contributed by atoms with Crippen LogP contribution in [0.25, 0.3) is 11.8 Å². The van der Waals surface area contributed by atoms with E-state index in [2.05, 4.69) is 10.1 Å². The minimum Gasteiger partial charge on any atom is -0.268 e. The number of carbonyl (C=O) groups excluding carboxylic acids is 1. The van der Waals surface area contributed by atoms with E-state index in [4.69, 9.17) is 12.2 Å². The fourth-order valence-electron chi connectivity index (χ4n) is 2.46. The highest BCUT2D eigenvalue weighted by atomic mass is 32.2. The monoisotopic (exact) mass is 364 g/mol. The number of thiocarbonyl (C=S) groups is 1. The highest BCUT2D eigenvalue weighted by Crippen LogP contribution is 2.35. The standard InChI is InChI=1S/C18H12N4OS2/c23-17-16(25-18(24)22(17)15-7-4-8-19-11-15)9-13-10-20-21(12-13)14-5-2-1-3-6-14/h1-12H/b16-9+. The molecular weight excluding hydrogens is 352 g/mol. The third-order valence-electron chi connectivity index (χ3n) is 3.62. The van der Waals surface area contributed by atoms with Gasteiger partial charge in [0, 0.05) is 18.0 Å². The third kappa shape index (κ3) is 3.11. The normalized spacial score (nSPS) is 16.0. The van der Waals surface area contributed by atoms with Gasteiger partial charge in [-0.05, 0) is 30.3 Å². The number of hydrogen-bond acceptors (Lipinski definition) is 5. The lowest BCUT2D eigenvalue weighted by atomic mass is 10.3. The average molecular weight is 364 g/mol. The molecule has 25 heavy (non-hydrogen) atoms. The van der Waals surface area contributed by atoms with Crippen molar-refractivity contribution in [3.05, 3.63) is 77.7 Å². The molecule has 0 bridgehead atoms. The molecule has 0 N–H and O–H groups in total. The summed E-state index contributed by atoms with van der Waals surface area (Å²) in [5.74, 6) is -0.143. The summed E-state index contributed by atoms with van der Waals surface area (Å²) >= 11 is 6.63. The molecule has 1 amide bonds. The number of carbonyl (C=O) groups is 1. The lowest BCUT2D eigenvalue weighted by molar-refractivity contribution is -0.113. The predicted octanol–water partition coefficient (Wildman–Crippen LogP) is 3.67. The first-order valence-corrected chi connectivity index (χ1v) is 8.73. The van der Waals surface area contributed by atoms with Crippen molar-refractivity contribution in [2.75, 3.05) is 4.90 Å². The van der Waals surface area contributed by atoms with E-state index in [-0.39, 0.29) is 5.91 Å². The summed E-state index contributed by atoms with van der Waals surface area (Å²) in [4.78, 5) is 18.8. The molecule has 1 aliphatic rings. The number of para-hydroxylation sites is 1. The van der Waals surface area contributed by atoms with Gasteiger partial charge in [0.15, 0.2) is 4.32 Å². The minimum absolute atomic E-state index is 0.143. The zero-order valence-electron chi connectivity index (χ0n) is 12.9. The van der Waals surface area contributed by atoms with Gasteiger partial charge in [0.1, 0.15) is 0 Å². The van der Waals surface area contributed by atoms with Gasteiger partial charge in [-0.1, -0.05) is 42.2 Å². The average Bonchev–Trinajstić information content (AvgIpc) is 3.22. The molecule has 3 aromatic rings. The molecule has 122 valence electrons. The minimum atomic E-state index is -0.143. The van der Waals surface area contributed by atoms with E-state index < -0.39 is 0 Å². The third-order valence-corrected chi connectivity index (χ3v) is 4.92. The van der Waals surface area contributed by atoms with E-state index >= 15 is 0 Å². The summed E-state index contributed by atoms with van der Waals surface area (Å²) in [6, 6.07) is 13.4. The van der Waals surface area contributed by atoms with Crippen LogP contribution < -0.4 is 4.90 Å². The molecule has 0 saturated carbocycles. The number of pyridine rings is 1. The van der Waals surface area contributed by atoms with Crippen LogP contribution in [-0.2, 0) is 4.79 Å². The summed E-state index contributed by atoms with van der Waals surface area (Å²) in [5, 5.41) is 4.34. The molecule has 0 spiro atoms. The number of thioether (sulfide) groups is 1. The zero-order valence-corrected chi connectivity index (χ0v) is 14.6. The number of amides is 1. The van der Waals surface area contributed by atoms with Crippen LogP contribution >= 0.6 is 24.0 Å². The Morgan fingerprint density at radius 1 is 1.04 bits per heavy atom. The molecule has 0 aliphatic carbocycles. The molecule has 2 aromatic heterocycles. The molecule has 4 rings (SSSR count). The van der Waals surface area contributed by atoms with Crippen LogP contribution in [-0.4, -0.2) is 25.0 Å². The van der Waals surface area contributed by atoms with Crippen molar-refractivity contribution in [1.82, 2.24) is 14.8 Å². The molecule has 1 fully saturated rings. The largest absolute Gasteiger partial charge is 0.270 e. The van der Waals surface area contributed by atoms with Gasteiger partial charge in [-0.2, -0.15) is 5.10 Å². The summed E-state index contributed by atoms with van der Waals surface area (Å²) in [5.41, 5.74) is 2.48. The quantitative estimate of drug-likeness (QED) is 0.524. The topological polar surface area (TPSA) is 51.0 Å². The Kier molecular flexibility index (Phi) is 4.17. The maximum atomic E-state index is 12.7. The molecule has 0 unspecified atom stereocenters. The van der Waals surface area contributed by atoms with Crippen LogP contribution in [0.3, 0.4) is 0 Å². The maximum Gasteiger partial charge on any atom is 0.270 e. The van der Waals surface area contributed by atoms with Gasteiger partial charge in [0.25, 0.3) is 5.91 Å². The van der Waals surface area contributed by atoms with E-state index in [1.54, 1.807) is 29.3 Å². The van der Waals surface area contributed by atoms with Crippen LogP contribution in [0.2, 0.25) is 0 Å². The molecule has 7 heteroatoms. The molecular formula is C18H12N4OS2. The van der Waals surface area contributed by atoms with Gasteiger partial charge in [-0.3, -0.25) is 14.7 Å². The van der Waals surface area contributed by atoms with E-state index in [0.29, 0.717) is 14.9 Å². The second kappa shape index (κ2) is 6.62. The highest BCUT2D eigenvalue weighted by Gasteiger charge is 2.33. The van der Waals surface area contributed by atoms with E-state index in [1.165, 1.54) is 16.7 Å². The lowest BCUT2D eigenvalue weighted by Gasteiger charge is -2.13. The summed E-state index contributed by atoms with van der Waals surface area (Å²) in [6.07, 6.45) is 8.70. The fourth-order valence-corrected chi connectivity index (χ4v) is 3.76. The molecule has 5 nitrogen and oxygen atoms in total. The number of benzene rings is 1. The Bertz CT molecular complexity index is 967. The van der Waals surface area contributed by atoms with Crippen LogP contribution in [0, 0.1) is 0 Å². The second-order valence-electron chi connectivity index (χ2n) is 5.28. The van der Waals surface area contributed by atoms with E-state index in [0.717, 1.165) is 11.3 Å². The van der Waals surface area contributed by atoms with Crippen LogP contribution in [0.1, 0.15) is 5.56 Å². The Labute approximate surface area is 154 Å². The van der Waals surface area contributed by atoms with Crippen molar-refractivity contribution in [2.45, 2.75) is 0 Å². The van der Waals surface area contributed by atoms with E-state index in [1.807, 2.05) is 48.7 Å². The van der Waals surface area contributed by atoms with Gasteiger partial charge in [-0.25, -0.2) is 4.68 Å². The van der Waals surface area contributed by atoms with Gasteiger partial charge >= 0.3 is 0 Å². The Morgan fingerprint density at radius 2 is 1.84 bits per heavy atom. The SMILES string of the molecule is O=C1/C(=C\c2cnn(-c3ccccc3)c2)SC(=S)N1c1cccnc1. The van der Waals surface area contributed by atoms with Crippen LogP contribution in [0.4, 0.5) is 5.69 Å². The number of aromatic nitrogens is 3. The maximum absolute atomic E-state index is 12.7. The second-order valence-corrected chi connectivity index (χ2v) is 6.96. The summed E-state index contributed by atoms with van der Waals surface area (Å²) in [7, 11) is 0. The zero-order chi connectivity index (χ0) is 17.2. The number of rotatable bonds is 3. The molecule has 1 aromatic carbocycles. The predicted molar refractivity (Wildman–Crippen MR) is 103 cm³/mol. The highest BCUT2D eigenvalue weighted by molar-refractivity contribution is 8.27. The van der Waals surface area contributed by atoms with Crippen molar-refractivity contribution >= 4 is 46.0 Å². The smallest absolute Gasteiger partial charge is 0.268 e. The Balaban J connectivity index is 1.62. The van der Waals surface area contributed by atoms with Gasteiger partial charge < -0.3 is 0 Å². The summed E-state index contributed by atoms with van der Waals surface area (Å²) < 4.78 is 2.27. The lowest BCUT2D eigenvalue weighted by Crippen LogP contribution is -2.27. The van der Waals surface area contributed by atoms with Gasteiger partial charge in [0.2, 0.25) is 0 Å². The fraction of sp³-hybridized carbons (Fsp3) is 0. The molecule has 3 heterocycles. The van der Waals surface area contributed by atoms with Crippen LogP contribution in [0.5, 0.6) is 0 Å². The van der Waals surface area contributed by atoms with Crippen molar-refractivity contribution in [2.24, 2.45) is 0 Å². The van der Waals surface area contributed by atoms with Crippen molar-refractivity contribution in [3.63, 3.8) is 0 Å². The molecule has 1 saturated heterocycles. The first-order chi connectivity index (χ1) is 12.2. The van der Waals surface area contributed by atoms with Gasteiger partial charge in [-0.15, -0.1) is 0 Å². The number of hydrogen-bond donors (Lipinski definition) is 0. The van der Waals surface area contributed by atoms with Gasteiger partial charge in [0.05, 0.1) is 28.7 Å². The Morgan fingerprint density at radius 3 is 2.60 bits per heavy atom. The Hall–Kier alpha value is -2.77. The molecule has 0 radical (unpaired) electrons. The summed E-state index contributed by atoms with van der Waals surface area (Å²) in [6.45, 7) is 0. The first-order valence-electron chi connectivity index (χ1n) is 7.50. The van der Waals surface area contributed by atoms with Crippen molar-refractivity contribution < 1.29 is 4.79 Å². The van der Waals surface area contributed by atoms with Crippen LogP contribution in [0.15, 0.2) is 72.2 Å². The number of nitrogens with zero attached hydrogens (tertiary/aromatic N) is 4. The van der Waals surface area contributed by atoms with Crippen molar-refractivity contribution in [1.29, 1.82) is 0 Å². The first kappa shape index (κ1) is 15.7.